The summed E-state index contributed by atoms with van der Waals surface area (Å²) in [5, 5.41) is 9.38. The second-order valence-electron chi connectivity index (χ2n) is 6.32. The zero-order chi connectivity index (χ0) is 16.9. The Labute approximate surface area is 141 Å². The van der Waals surface area contributed by atoms with Crippen molar-refractivity contribution in [1.82, 2.24) is 9.88 Å². The fourth-order valence-electron chi connectivity index (χ4n) is 3.29. The molecule has 4 nitrogen and oxygen atoms in total. The average molecular weight is 330 g/mol. The highest BCUT2D eigenvalue weighted by Crippen LogP contribution is 2.30. The Morgan fingerprint density at radius 2 is 2.21 bits per heavy atom. The fraction of sp³-hybridized carbons (Fsp3) is 0.421. The van der Waals surface area contributed by atoms with Gasteiger partial charge in [-0.3, -0.25) is 9.88 Å². The first-order valence-corrected chi connectivity index (χ1v) is 8.31. The van der Waals surface area contributed by atoms with Gasteiger partial charge in [-0.05, 0) is 55.1 Å². The second kappa shape index (κ2) is 7.73. The van der Waals surface area contributed by atoms with E-state index in [1.165, 1.54) is 12.3 Å². The van der Waals surface area contributed by atoms with E-state index in [2.05, 4.69) is 22.0 Å². The Morgan fingerprint density at radius 3 is 2.92 bits per heavy atom. The van der Waals surface area contributed by atoms with Gasteiger partial charge in [0.05, 0.1) is 19.0 Å². The number of halogens is 1. The normalized spacial score (nSPS) is 18.5. The molecule has 1 saturated heterocycles. The van der Waals surface area contributed by atoms with Crippen LogP contribution in [0.5, 0.6) is 5.75 Å². The number of likely N-dealkylation sites (tertiary alicyclic amines) is 1. The van der Waals surface area contributed by atoms with Crippen molar-refractivity contribution in [1.29, 1.82) is 0 Å². The number of benzene rings is 1. The molecule has 1 fully saturated rings. The minimum Gasteiger partial charge on any atom is -0.496 e. The van der Waals surface area contributed by atoms with Crippen LogP contribution in [0.2, 0.25) is 0 Å². The summed E-state index contributed by atoms with van der Waals surface area (Å²) in [5.74, 6) is 0.747. The van der Waals surface area contributed by atoms with Crippen LogP contribution < -0.4 is 4.74 Å². The molecule has 0 spiro atoms. The lowest BCUT2D eigenvalue weighted by Crippen LogP contribution is -2.36. The highest BCUT2D eigenvalue weighted by molar-refractivity contribution is 5.68. The molecule has 0 radical (unpaired) electrons. The van der Waals surface area contributed by atoms with Gasteiger partial charge in [0.15, 0.2) is 0 Å². The zero-order valence-electron chi connectivity index (χ0n) is 13.9. The summed E-state index contributed by atoms with van der Waals surface area (Å²) in [6.45, 7) is 3.05. The molecule has 24 heavy (non-hydrogen) atoms. The van der Waals surface area contributed by atoms with Gasteiger partial charge in [-0.15, -0.1) is 0 Å². The van der Waals surface area contributed by atoms with Gasteiger partial charge in [0.25, 0.3) is 0 Å². The lowest BCUT2D eigenvalue weighted by Gasteiger charge is -2.31. The predicted molar refractivity (Wildman–Crippen MR) is 91.3 cm³/mol. The van der Waals surface area contributed by atoms with Crippen LogP contribution in [-0.2, 0) is 6.54 Å². The molecule has 0 saturated carbocycles. The van der Waals surface area contributed by atoms with Crippen LogP contribution in [0.4, 0.5) is 4.39 Å². The van der Waals surface area contributed by atoms with Gasteiger partial charge >= 0.3 is 0 Å². The van der Waals surface area contributed by atoms with Crippen LogP contribution in [0.15, 0.2) is 36.5 Å². The monoisotopic (exact) mass is 330 g/mol. The molecule has 1 aliphatic heterocycles. The molecule has 1 N–H and O–H groups in total. The van der Waals surface area contributed by atoms with E-state index < -0.39 is 0 Å². The SMILES string of the molecule is COc1ccc(CN2CCCC(CO)C2)cc1-c1ccc(F)cn1. The fourth-order valence-corrected chi connectivity index (χ4v) is 3.29. The molecule has 5 heteroatoms. The Balaban J connectivity index is 1.82. The van der Waals surface area contributed by atoms with Crippen LogP contribution in [0.1, 0.15) is 18.4 Å². The highest BCUT2D eigenvalue weighted by Gasteiger charge is 2.19. The van der Waals surface area contributed by atoms with E-state index in [0.717, 1.165) is 49.4 Å². The van der Waals surface area contributed by atoms with Gasteiger partial charge in [0.1, 0.15) is 11.6 Å². The first-order valence-electron chi connectivity index (χ1n) is 8.31. The molecule has 2 heterocycles. The number of ether oxygens (including phenoxy) is 1. The number of hydrogen-bond donors (Lipinski definition) is 1. The quantitative estimate of drug-likeness (QED) is 0.915. The van der Waals surface area contributed by atoms with Crippen LogP contribution in [-0.4, -0.2) is 41.8 Å². The number of nitrogens with zero attached hydrogens (tertiary/aromatic N) is 2. The minimum absolute atomic E-state index is 0.254. The standard InChI is InChI=1S/C19H23FN2O2/c1-24-19-7-4-14(11-22-8-2-3-15(12-22)13-23)9-17(19)18-6-5-16(20)10-21-18/h4-7,9-10,15,23H,2-3,8,11-13H2,1H3. The molecule has 1 unspecified atom stereocenters. The first-order chi connectivity index (χ1) is 11.7. The number of pyridine rings is 1. The van der Waals surface area contributed by atoms with Crippen molar-refractivity contribution in [3.05, 3.63) is 47.9 Å². The molecule has 1 aromatic heterocycles. The molecule has 128 valence electrons. The first kappa shape index (κ1) is 16.9. The van der Waals surface area contributed by atoms with Crippen molar-refractivity contribution in [3.63, 3.8) is 0 Å². The van der Waals surface area contributed by atoms with E-state index in [0.29, 0.717) is 11.6 Å². The molecule has 1 aliphatic rings. The number of rotatable bonds is 5. The summed E-state index contributed by atoms with van der Waals surface area (Å²) in [4.78, 5) is 6.54. The number of piperidine rings is 1. The molecular formula is C19H23FN2O2. The Kier molecular flexibility index (Phi) is 5.43. The van der Waals surface area contributed by atoms with Crippen molar-refractivity contribution >= 4 is 0 Å². The summed E-state index contributed by atoms with van der Waals surface area (Å²) >= 11 is 0. The van der Waals surface area contributed by atoms with E-state index in [1.54, 1.807) is 13.2 Å². The summed E-state index contributed by atoms with van der Waals surface area (Å²) in [6.07, 6.45) is 3.44. The lowest BCUT2D eigenvalue weighted by molar-refractivity contribution is 0.116. The Bertz CT molecular complexity index is 676. The topological polar surface area (TPSA) is 45.6 Å². The lowest BCUT2D eigenvalue weighted by atomic mass is 9.98. The van der Waals surface area contributed by atoms with E-state index in [4.69, 9.17) is 4.74 Å². The van der Waals surface area contributed by atoms with Crippen LogP contribution in [0.25, 0.3) is 11.3 Å². The summed E-state index contributed by atoms with van der Waals surface area (Å²) in [6, 6.07) is 9.11. The van der Waals surface area contributed by atoms with Gasteiger partial charge in [-0.25, -0.2) is 4.39 Å². The second-order valence-corrected chi connectivity index (χ2v) is 6.32. The number of methoxy groups -OCH3 is 1. The van der Waals surface area contributed by atoms with Crippen molar-refractivity contribution in [3.8, 4) is 17.0 Å². The largest absolute Gasteiger partial charge is 0.496 e. The van der Waals surface area contributed by atoms with E-state index in [-0.39, 0.29) is 12.4 Å². The Morgan fingerprint density at radius 1 is 1.33 bits per heavy atom. The molecular weight excluding hydrogens is 307 g/mol. The van der Waals surface area contributed by atoms with Crippen LogP contribution in [0.3, 0.4) is 0 Å². The molecule has 0 aliphatic carbocycles. The minimum atomic E-state index is -0.350. The highest BCUT2D eigenvalue weighted by atomic mass is 19.1. The van der Waals surface area contributed by atoms with Gasteiger partial charge in [0.2, 0.25) is 0 Å². The third kappa shape index (κ3) is 3.91. The van der Waals surface area contributed by atoms with E-state index in [9.17, 15) is 9.50 Å². The predicted octanol–water partition coefficient (Wildman–Crippen LogP) is 3.10. The number of hydrogen-bond acceptors (Lipinski definition) is 4. The number of aromatic nitrogens is 1. The van der Waals surface area contributed by atoms with Crippen LogP contribution >= 0.6 is 0 Å². The summed E-state index contributed by atoms with van der Waals surface area (Å²) in [7, 11) is 1.62. The average Bonchev–Trinajstić information content (AvgIpc) is 2.62. The number of aliphatic hydroxyl groups excluding tert-OH is 1. The van der Waals surface area contributed by atoms with E-state index in [1.807, 2.05) is 6.07 Å². The third-order valence-corrected chi connectivity index (χ3v) is 4.53. The maximum Gasteiger partial charge on any atom is 0.141 e. The van der Waals surface area contributed by atoms with Crippen molar-refractivity contribution in [2.24, 2.45) is 5.92 Å². The van der Waals surface area contributed by atoms with E-state index >= 15 is 0 Å². The smallest absolute Gasteiger partial charge is 0.141 e. The third-order valence-electron chi connectivity index (χ3n) is 4.53. The molecule has 2 aromatic rings. The number of aliphatic hydroxyl groups is 1. The van der Waals surface area contributed by atoms with Gasteiger partial charge < -0.3 is 9.84 Å². The zero-order valence-corrected chi connectivity index (χ0v) is 13.9. The van der Waals surface area contributed by atoms with Crippen molar-refractivity contribution in [2.75, 3.05) is 26.8 Å². The van der Waals surface area contributed by atoms with Gasteiger partial charge in [-0.2, -0.15) is 0 Å². The van der Waals surface area contributed by atoms with Crippen LogP contribution in [0, 0.1) is 11.7 Å². The molecule has 0 bridgehead atoms. The molecule has 0 amide bonds. The van der Waals surface area contributed by atoms with Gasteiger partial charge in [-0.1, -0.05) is 6.07 Å². The summed E-state index contributed by atoms with van der Waals surface area (Å²) < 4.78 is 18.6. The maximum absolute atomic E-state index is 13.1. The molecule has 1 atom stereocenters. The van der Waals surface area contributed by atoms with Crippen molar-refractivity contribution < 1.29 is 14.2 Å². The maximum atomic E-state index is 13.1. The summed E-state index contributed by atoms with van der Waals surface area (Å²) in [5.41, 5.74) is 2.73. The van der Waals surface area contributed by atoms with Gasteiger partial charge in [0, 0.05) is 25.3 Å². The van der Waals surface area contributed by atoms with Crippen molar-refractivity contribution in [2.45, 2.75) is 19.4 Å². The molecule has 1 aromatic carbocycles. The Hall–Kier alpha value is -1.98. The molecule has 3 rings (SSSR count).